The molecule has 3 heterocycles. The molecule has 2 aliphatic rings. The number of anilines is 1. The Bertz CT molecular complexity index is 1160. The Morgan fingerprint density at radius 3 is 2.70 bits per heavy atom. The highest BCUT2D eigenvalue weighted by Gasteiger charge is 2.62. The Balaban J connectivity index is 1.50. The smallest absolute Gasteiger partial charge is 0.263 e. The maximum absolute atomic E-state index is 13.7. The number of carbonyl (C=O) groups excluding carboxylic acids is 1. The second-order valence-electron chi connectivity index (χ2n) is 7.59. The van der Waals surface area contributed by atoms with Gasteiger partial charge in [-0.05, 0) is 42.0 Å². The number of rotatable bonds is 4. The van der Waals surface area contributed by atoms with Crippen LogP contribution in [0.5, 0.6) is 0 Å². The van der Waals surface area contributed by atoms with Crippen LogP contribution in [0.15, 0.2) is 53.7 Å². The van der Waals surface area contributed by atoms with E-state index >= 15 is 0 Å². The lowest BCUT2D eigenvalue weighted by atomic mass is 9.82. The van der Waals surface area contributed by atoms with Crippen LogP contribution in [-0.2, 0) is 16.1 Å². The van der Waals surface area contributed by atoms with Crippen LogP contribution in [0.2, 0.25) is 0 Å². The van der Waals surface area contributed by atoms with E-state index < -0.39 is 28.8 Å². The van der Waals surface area contributed by atoms with Crippen molar-refractivity contribution in [2.75, 3.05) is 11.4 Å². The Morgan fingerprint density at radius 1 is 1.17 bits per heavy atom. The summed E-state index contributed by atoms with van der Waals surface area (Å²) in [7, 11) is 0. The van der Waals surface area contributed by atoms with Gasteiger partial charge in [-0.15, -0.1) is 5.48 Å². The first-order valence-electron chi connectivity index (χ1n) is 9.43. The largest absolute Gasteiger partial charge is 0.394 e. The molecule has 0 radical (unpaired) electrons. The zero-order valence-corrected chi connectivity index (χ0v) is 15.7. The third-order valence-electron chi connectivity index (χ3n) is 5.76. The Labute approximate surface area is 169 Å². The predicted molar refractivity (Wildman–Crippen MR) is 106 cm³/mol. The summed E-state index contributed by atoms with van der Waals surface area (Å²) in [4.78, 5) is 27.2. The van der Waals surface area contributed by atoms with Crippen LogP contribution in [0, 0.1) is 11.6 Å². The number of hydrogen-bond acceptors (Lipinski definition) is 5. The lowest BCUT2D eigenvalue weighted by molar-refractivity contribution is -0.146. The minimum atomic E-state index is -1.98. The average molecular weight is 412 g/mol. The molecular formula is C21H18F2N4O3. The molecular weight excluding hydrogens is 394 g/mol. The monoisotopic (exact) mass is 412 g/mol. The van der Waals surface area contributed by atoms with Gasteiger partial charge < -0.3 is 19.8 Å². The molecule has 0 spiro atoms. The normalized spacial score (nSPS) is 26.0. The summed E-state index contributed by atoms with van der Waals surface area (Å²) in [5, 5.41) is 12.4. The third-order valence-corrected chi connectivity index (χ3v) is 5.76. The number of aliphatic hydroxyl groups is 1. The molecule has 1 fully saturated rings. The van der Waals surface area contributed by atoms with E-state index in [1.165, 1.54) is 4.90 Å². The number of hydroxylamine groups is 1. The maximum atomic E-state index is 13.7. The third kappa shape index (κ3) is 2.78. The summed E-state index contributed by atoms with van der Waals surface area (Å²) in [5.74, 6) is -2.08. The fourth-order valence-corrected chi connectivity index (χ4v) is 4.24. The molecule has 0 saturated carbocycles. The molecule has 2 aliphatic heterocycles. The van der Waals surface area contributed by atoms with E-state index in [-0.39, 0.29) is 24.9 Å². The Kier molecular flexibility index (Phi) is 4.12. The topological polar surface area (TPSA) is 90.0 Å². The van der Waals surface area contributed by atoms with Crippen molar-refractivity contribution in [1.82, 2.24) is 10.5 Å². The van der Waals surface area contributed by atoms with E-state index in [1.54, 1.807) is 12.3 Å². The first kappa shape index (κ1) is 18.7. The summed E-state index contributed by atoms with van der Waals surface area (Å²) < 4.78 is 27.4. The molecule has 7 nitrogen and oxygen atoms in total. The van der Waals surface area contributed by atoms with Crippen molar-refractivity contribution >= 4 is 28.9 Å². The zero-order chi connectivity index (χ0) is 20.9. The average Bonchev–Trinajstić information content (AvgIpc) is 3.42. The number of halogens is 2. The molecule has 5 rings (SSSR count). The van der Waals surface area contributed by atoms with Crippen molar-refractivity contribution in [3.05, 3.63) is 65.9 Å². The van der Waals surface area contributed by atoms with Gasteiger partial charge in [-0.2, -0.15) is 0 Å². The van der Waals surface area contributed by atoms with Crippen LogP contribution < -0.4 is 10.4 Å². The second kappa shape index (κ2) is 6.61. The van der Waals surface area contributed by atoms with E-state index in [9.17, 15) is 18.7 Å². The lowest BCUT2D eigenvalue weighted by Crippen LogP contribution is -2.64. The standard InChI is InChI=1S/C21H18F2N4O3/c22-15-7-13(8-16(23)10-15)11-21(25-12-30-26-21)20(29)4-6-27(19(20)28)17-1-2-18-14(9-17)3-5-24-18/h1-3,5,7-10,12,24,26,29H,4,6,11H2/t20-,21?/m0/s1. The van der Waals surface area contributed by atoms with Crippen molar-refractivity contribution in [2.24, 2.45) is 4.99 Å². The van der Waals surface area contributed by atoms with E-state index in [0.29, 0.717) is 5.69 Å². The number of aromatic amines is 1. The summed E-state index contributed by atoms with van der Waals surface area (Å²) in [6.07, 6.45) is 2.79. The number of aromatic nitrogens is 1. The fraction of sp³-hybridized carbons (Fsp3) is 0.238. The number of H-pyrrole nitrogens is 1. The number of fused-ring (bicyclic) bond motifs is 1. The van der Waals surface area contributed by atoms with E-state index in [1.807, 2.05) is 18.2 Å². The molecule has 1 amide bonds. The highest BCUT2D eigenvalue weighted by Crippen LogP contribution is 2.40. The van der Waals surface area contributed by atoms with Gasteiger partial charge in [0.2, 0.25) is 0 Å². The van der Waals surface area contributed by atoms with Crippen LogP contribution in [0.1, 0.15) is 12.0 Å². The van der Waals surface area contributed by atoms with Crippen molar-refractivity contribution in [1.29, 1.82) is 0 Å². The van der Waals surface area contributed by atoms with E-state index in [4.69, 9.17) is 4.84 Å². The zero-order valence-electron chi connectivity index (χ0n) is 15.7. The summed E-state index contributed by atoms with van der Waals surface area (Å²) in [6.45, 7) is 0.252. The fourth-order valence-electron chi connectivity index (χ4n) is 4.24. The van der Waals surface area contributed by atoms with Crippen LogP contribution in [0.4, 0.5) is 14.5 Å². The Morgan fingerprint density at radius 2 is 1.97 bits per heavy atom. The predicted octanol–water partition coefficient (Wildman–Crippen LogP) is 2.42. The molecule has 1 aromatic heterocycles. The van der Waals surface area contributed by atoms with Gasteiger partial charge in [0, 0.05) is 48.2 Å². The van der Waals surface area contributed by atoms with Crippen molar-refractivity contribution in [3.63, 3.8) is 0 Å². The SMILES string of the molecule is O=C1N(c2ccc3[nH]ccc3c2)CC[C@@]1(O)C1(Cc2cc(F)cc(F)c2)N=CON1. The minimum absolute atomic E-state index is 0.0580. The number of nitrogens with one attached hydrogen (secondary N) is 2. The molecule has 0 bridgehead atoms. The molecule has 0 aliphatic carbocycles. The molecule has 9 heteroatoms. The lowest BCUT2D eigenvalue weighted by Gasteiger charge is -2.37. The number of aliphatic imine (C=N–C) groups is 1. The van der Waals surface area contributed by atoms with Crippen LogP contribution in [-0.4, -0.2) is 40.2 Å². The molecule has 1 unspecified atom stereocenters. The maximum Gasteiger partial charge on any atom is 0.263 e. The number of nitrogens with zero attached hydrogens (tertiary/aromatic N) is 2. The molecule has 30 heavy (non-hydrogen) atoms. The number of amides is 1. The molecule has 2 aromatic carbocycles. The van der Waals surface area contributed by atoms with E-state index in [0.717, 1.165) is 35.5 Å². The molecule has 3 N–H and O–H groups in total. The number of hydrogen-bond donors (Lipinski definition) is 3. The van der Waals surface area contributed by atoms with Gasteiger partial charge in [0.25, 0.3) is 5.91 Å². The second-order valence-corrected chi connectivity index (χ2v) is 7.59. The van der Waals surface area contributed by atoms with Gasteiger partial charge in [-0.1, -0.05) is 0 Å². The first-order valence-corrected chi connectivity index (χ1v) is 9.43. The van der Waals surface area contributed by atoms with Gasteiger partial charge in [0.05, 0.1) is 0 Å². The van der Waals surface area contributed by atoms with Gasteiger partial charge in [-0.25, -0.2) is 13.8 Å². The van der Waals surface area contributed by atoms with Crippen LogP contribution >= 0.6 is 0 Å². The van der Waals surface area contributed by atoms with Gasteiger partial charge >= 0.3 is 0 Å². The Hall–Kier alpha value is -3.30. The van der Waals surface area contributed by atoms with Crippen molar-refractivity contribution in [3.8, 4) is 0 Å². The van der Waals surface area contributed by atoms with Gasteiger partial charge in [0.1, 0.15) is 11.6 Å². The molecule has 154 valence electrons. The molecule has 3 aromatic rings. The summed E-state index contributed by atoms with van der Waals surface area (Å²) in [5.41, 5.74) is 0.809. The number of carbonyl (C=O) groups is 1. The summed E-state index contributed by atoms with van der Waals surface area (Å²) >= 11 is 0. The molecule has 1 saturated heterocycles. The minimum Gasteiger partial charge on any atom is -0.394 e. The van der Waals surface area contributed by atoms with Gasteiger partial charge in [0.15, 0.2) is 17.7 Å². The van der Waals surface area contributed by atoms with Crippen molar-refractivity contribution < 1.29 is 23.5 Å². The quantitative estimate of drug-likeness (QED) is 0.614. The van der Waals surface area contributed by atoms with Crippen molar-refractivity contribution in [2.45, 2.75) is 24.1 Å². The highest BCUT2D eigenvalue weighted by molar-refractivity contribution is 6.04. The highest BCUT2D eigenvalue weighted by atomic mass is 19.1. The summed E-state index contributed by atoms with van der Waals surface area (Å²) in [6, 6.07) is 10.4. The van der Waals surface area contributed by atoms with E-state index in [2.05, 4.69) is 15.5 Å². The molecule has 2 atom stereocenters. The first-order chi connectivity index (χ1) is 14.4. The number of benzene rings is 2. The van der Waals surface area contributed by atoms with Crippen LogP contribution in [0.3, 0.4) is 0 Å². The van der Waals surface area contributed by atoms with Crippen LogP contribution in [0.25, 0.3) is 10.9 Å². The van der Waals surface area contributed by atoms with Gasteiger partial charge in [-0.3, -0.25) is 4.79 Å².